The number of ether oxygens (including phenoxy) is 1. The minimum atomic E-state index is -0.905. The molecule has 0 fully saturated rings. The fraction of sp³-hybridized carbons (Fsp3) is 0.529. The molecule has 0 saturated carbocycles. The molecule has 1 rings (SSSR count). The first kappa shape index (κ1) is 17.4. The smallest absolute Gasteiger partial charge is 0.302 e. The van der Waals surface area contributed by atoms with Gasteiger partial charge in [0, 0.05) is 6.92 Å². The third-order valence-electron chi connectivity index (χ3n) is 3.71. The highest BCUT2D eigenvalue weighted by atomic mass is 16.5. The topological polar surface area (TPSA) is 63.6 Å². The van der Waals surface area contributed by atoms with E-state index in [2.05, 4.69) is 0 Å². The second-order valence-corrected chi connectivity index (χ2v) is 6.09. The molecule has 0 amide bonds. The van der Waals surface area contributed by atoms with Gasteiger partial charge in [-0.3, -0.25) is 9.59 Å². The van der Waals surface area contributed by atoms with Gasteiger partial charge in [0.25, 0.3) is 0 Å². The Labute approximate surface area is 126 Å². The molecule has 1 aliphatic rings. The lowest BCUT2D eigenvalue weighted by Gasteiger charge is -2.34. The Bertz CT molecular complexity index is 521. The fourth-order valence-corrected chi connectivity index (χ4v) is 2.50. The van der Waals surface area contributed by atoms with E-state index in [-0.39, 0.29) is 23.8 Å². The van der Waals surface area contributed by atoms with Gasteiger partial charge in [-0.2, -0.15) is 0 Å². The molecule has 1 atom stereocenters. The zero-order valence-corrected chi connectivity index (χ0v) is 13.4. The van der Waals surface area contributed by atoms with E-state index in [1.54, 1.807) is 13.0 Å². The van der Waals surface area contributed by atoms with Gasteiger partial charge in [0.15, 0.2) is 5.78 Å². The van der Waals surface area contributed by atoms with Crippen molar-refractivity contribution in [3.63, 3.8) is 0 Å². The van der Waals surface area contributed by atoms with Crippen LogP contribution >= 0.6 is 0 Å². The quantitative estimate of drug-likeness (QED) is 0.639. The van der Waals surface area contributed by atoms with Gasteiger partial charge in [-0.15, -0.1) is 0 Å². The van der Waals surface area contributed by atoms with Crippen LogP contribution in [0.1, 0.15) is 41.0 Å². The molecule has 0 aliphatic heterocycles. The van der Waals surface area contributed by atoms with Crippen molar-refractivity contribution < 1.29 is 19.4 Å². The van der Waals surface area contributed by atoms with Crippen molar-refractivity contribution in [3.8, 4) is 0 Å². The standard InChI is InChI=1S/C17H24O4/c1-11(8-9-21-13(3)18)6-7-14-12(2)16(20)15(19)10-17(14,4)5/h6-8,15,19H,9-10H2,1-5H3. The molecule has 0 bridgehead atoms. The normalized spacial score (nSPS) is 22.9. The molecule has 1 aliphatic carbocycles. The number of Topliss-reactive ketones (excluding diaryl/α,β-unsaturated/α-hetero) is 1. The summed E-state index contributed by atoms with van der Waals surface area (Å²) in [5, 5.41) is 9.78. The molecule has 4 nitrogen and oxygen atoms in total. The summed E-state index contributed by atoms with van der Waals surface area (Å²) in [7, 11) is 0. The number of rotatable bonds is 4. The Kier molecular flexibility index (Phi) is 5.67. The summed E-state index contributed by atoms with van der Waals surface area (Å²) in [6, 6.07) is 0. The predicted molar refractivity (Wildman–Crippen MR) is 81.6 cm³/mol. The van der Waals surface area contributed by atoms with Crippen molar-refractivity contribution in [2.45, 2.75) is 47.1 Å². The van der Waals surface area contributed by atoms with Crippen LogP contribution in [-0.2, 0) is 14.3 Å². The summed E-state index contributed by atoms with van der Waals surface area (Å²) in [4.78, 5) is 22.6. The second kappa shape index (κ2) is 6.85. The molecule has 116 valence electrons. The molecular formula is C17H24O4. The first-order chi connectivity index (χ1) is 9.65. The van der Waals surface area contributed by atoms with Crippen molar-refractivity contribution >= 4 is 11.8 Å². The molecule has 0 aromatic rings. The number of carbonyl (C=O) groups excluding carboxylic acids is 2. The number of carbonyl (C=O) groups is 2. The number of hydrogen-bond donors (Lipinski definition) is 1. The Morgan fingerprint density at radius 3 is 2.62 bits per heavy atom. The summed E-state index contributed by atoms with van der Waals surface area (Å²) in [5.41, 5.74) is 2.26. The highest BCUT2D eigenvalue weighted by Crippen LogP contribution is 2.39. The maximum Gasteiger partial charge on any atom is 0.302 e. The van der Waals surface area contributed by atoms with Gasteiger partial charge in [-0.05, 0) is 42.9 Å². The van der Waals surface area contributed by atoms with E-state index >= 15 is 0 Å². The lowest BCUT2D eigenvalue weighted by Crippen LogP contribution is -2.35. The van der Waals surface area contributed by atoms with E-state index < -0.39 is 6.10 Å². The third-order valence-corrected chi connectivity index (χ3v) is 3.71. The lowest BCUT2D eigenvalue weighted by atomic mass is 9.71. The van der Waals surface area contributed by atoms with E-state index in [4.69, 9.17) is 4.74 Å². The van der Waals surface area contributed by atoms with Crippen LogP contribution in [0, 0.1) is 5.41 Å². The van der Waals surface area contributed by atoms with Gasteiger partial charge >= 0.3 is 5.97 Å². The van der Waals surface area contributed by atoms with Gasteiger partial charge in [0.05, 0.1) is 0 Å². The Balaban J connectivity index is 2.91. The van der Waals surface area contributed by atoms with Gasteiger partial charge in [0.2, 0.25) is 0 Å². The van der Waals surface area contributed by atoms with Crippen LogP contribution in [0.3, 0.4) is 0 Å². The van der Waals surface area contributed by atoms with E-state index in [9.17, 15) is 14.7 Å². The summed E-state index contributed by atoms with van der Waals surface area (Å²) >= 11 is 0. The number of hydrogen-bond acceptors (Lipinski definition) is 4. The summed E-state index contributed by atoms with van der Waals surface area (Å²) in [6.07, 6.45) is 5.14. The van der Waals surface area contributed by atoms with Crippen molar-refractivity contribution in [2.24, 2.45) is 5.41 Å². The molecule has 1 unspecified atom stereocenters. The van der Waals surface area contributed by atoms with Crippen LogP contribution in [0.2, 0.25) is 0 Å². The number of aliphatic hydroxyl groups excluding tert-OH is 1. The third kappa shape index (κ3) is 4.67. The highest BCUT2D eigenvalue weighted by Gasteiger charge is 2.36. The van der Waals surface area contributed by atoms with Gasteiger partial charge in [0.1, 0.15) is 12.7 Å². The molecule has 0 saturated heterocycles. The van der Waals surface area contributed by atoms with Crippen LogP contribution in [-0.4, -0.2) is 29.6 Å². The monoisotopic (exact) mass is 292 g/mol. The number of ketones is 1. The van der Waals surface area contributed by atoms with Crippen LogP contribution in [0.4, 0.5) is 0 Å². The molecule has 0 spiro atoms. The van der Waals surface area contributed by atoms with Gasteiger partial charge in [-0.1, -0.05) is 31.6 Å². The predicted octanol–water partition coefficient (Wildman–Crippen LogP) is 2.73. The Hall–Kier alpha value is -1.68. The number of aliphatic hydroxyl groups is 1. The number of allylic oxidation sites excluding steroid dienone is 4. The minimum absolute atomic E-state index is 0.199. The zero-order chi connectivity index (χ0) is 16.2. The maximum atomic E-state index is 11.9. The van der Waals surface area contributed by atoms with E-state index in [1.807, 2.05) is 32.9 Å². The molecule has 0 aromatic carbocycles. The number of esters is 1. The van der Waals surface area contributed by atoms with E-state index in [1.165, 1.54) is 6.92 Å². The Morgan fingerprint density at radius 1 is 1.43 bits per heavy atom. The van der Waals surface area contributed by atoms with Gasteiger partial charge in [-0.25, -0.2) is 0 Å². The van der Waals surface area contributed by atoms with Crippen LogP contribution in [0.15, 0.2) is 34.9 Å². The molecule has 0 heterocycles. The lowest BCUT2D eigenvalue weighted by molar-refractivity contribution is -0.139. The zero-order valence-electron chi connectivity index (χ0n) is 13.4. The average Bonchev–Trinajstić information content (AvgIpc) is 2.34. The first-order valence-electron chi connectivity index (χ1n) is 7.07. The molecule has 4 heteroatoms. The SMILES string of the molecule is CC(=O)OCC=C(C)C=CC1=C(C)C(=O)C(O)CC1(C)C. The van der Waals surface area contributed by atoms with Crippen molar-refractivity contribution in [3.05, 3.63) is 34.9 Å². The summed E-state index contributed by atoms with van der Waals surface area (Å²) < 4.78 is 4.85. The largest absolute Gasteiger partial charge is 0.462 e. The van der Waals surface area contributed by atoms with Crippen LogP contribution < -0.4 is 0 Å². The molecule has 1 N–H and O–H groups in total. The van der Waals surface area contributed by atoms with E-state index in [0.717, 1.165) is 11.1 Å². The minimum Gasteiger partial charge on any atom is -0.462 e. The van der Waals surface area contributed by atoms with E-state index in [0.29, 0.717) is 12.0 Å². The maximum absolute atomic E-state index is 11.9. The molecule has 0 aromatic heterocycles. The second-order valence-electron chi connectivity index (χ2n) is 6.09. The van der Waals surface area contributed by atoms with Crippen LogP contribution in [0.5, 0.6) is 0 Å². The summed E-state index contributed by atoms with van der Waals surface area (Å²) in [5.74, 6) is -0.509. The van der Waals surface area contributed by atoms with Crippen molar-refractivity contribution in [1.29, 1.82) is 0 Å². The molecule has 21 heavy (non-hydrogen) atoms. The average molecular weight is 292 g/mol. The molecular weight excluding hydrogens is 268 g/mol. The first-order valence-corrected chi connectivity index (χ1v) is 7.07. The van der Waals surface area contributed by atoms with Crippen LogP contribution in [0.25, 0.3) is 0 Å². The molecule has 0 radical (unpaired) electrons. The van der Waals surface area contributed by atoms with Crippen molar-refractivity contribution in [1.82, 2.24) is 0 Å². The van der Waals surface area contributed by atoms with Crippen molar-refractivity contribution in [2.75, 3.05) is 6.61 Å². The van der Waals surface area contributed by atoms with Gasteiger partial charge < -0.3 is 9.84 Å². The fourth-order valence-electron chi connectivity index (χ4n) is 2.50. The Morgan fingerprint density at radius 2 is 2.05 bits per heavy atom. The summed E-state index contributed by atoms with van der Waals surface area (Å²) in [6.45, 7) is 9.30. The highest BCUT2D eigenvalue weighted by molar-refractivity contribution is 6.00.